The molecule has 3 N–H and O–H groups in total. The first kappa shape index (κ1) is 11.4. The maximum atomic E-state index is 6.33. The molecule has 2 unspecified atom stereocenters. The van der Waals surface area contributed by atoms with Gasteiger partial charge in [-0.3, -0.25) is 9.89 Å². The Morgan fingerprint density at radius 2 is 1.93 bits per heavy atom. The minimum absolute atomic E-state index is 0.276. The van der Waals surface area contributed by atoms with Gasteiger partial charge in [0.15, 0.2) is 0 Å². The van der Waals surface area contributed by atoms with Crippen LogP contribution in [0.5, 0.6) is 0 Å². The summed E-state index contributed by atoms with van der Waals surface area (Å²) in [5, 5.41) is 2.00. The van der Waals surface area contributed by atoms with Gasteiger partial charge >= 0.3 is 0 Å². The molecule has 0 aromatic rings. The highest BCUT2D eigenvalue weighted by molar-refractivity contribution is 5.94. The standard InChI is InChI=1S/C9H21N5/c1-8(10)7(11-3)12-14(6)9(8,2)13(4)5/h10H2,1-6H3,(H,11,12). The Morgan fingerprint density at radius 3 is 2.14 bits per heavy atom. The van der Waals surface area contributed by atoms with Crippen LogP contribution >= 0.6 is 0 Å². The lowest BCUT2D eigenvalue weighted by molar-refractivity contribution is -0.0207. The molecule has 1 heterocycles. The Hall–Kier alpha value is -0.650. The molecule has 0 aliphatic carbocycles. The van der Waals surface area contributed by atoms with E-state index in [9.17, 15) is 0 Å². The first-order valence-electron chi connectivity index (χ1n) is 4.72. The van der Waals surface area contributed by atoms with E-state index in [0.29, 0.717) is 0 Å². The zero-order valence-electron chi connectivity index (χ0n) is 9.92. The number of likely N-dealkylation sites (N-methyl/N-ethyl adjacent to an activating group) is 2. The maximum absolute atomic E-state index is 6.33. The van der Waals surface area contributed by atoms with Crippen molar-refractivity contribution < 1.29 is 0 Å². The minimum Gasteiger partial charge on any atom is -0.316 e. The smallest absolute Gasteiger partial charge is 0.134 e. The Labute approximate surface area is 85.9 Å². The zero-order chi connectivity index (χ0) is 11.1. The molecule has 1 rings (SSSR count). The van der Waals surface area contributed by atoms with Crippen LogP contribution in [0.15, 0.2) is 4.99 Å². The number of nitrogens with two attached hydrogens (primary N) is 1. The number of amidine groups is 1. The zero-order valence-corrected chi connectivity index (χ0v) is 9.92. The summed E-state index contributed by atoms with van der Waals surface area (Å²) >= 11 is 0. The fourth-order valence-electron chi connectivity index (χ4n) is 2.00. The molecule has 0 aromatic carbocycles. The lowest BCUT2D eigenvalue weighted by Gasteiger charge is -2.44. The van der Waals surface area contributed by atoms with Crippen LogP contribution in [0.3, 0.4) is 0 Å². The fourth-order valence-corrected chi connectivity index (χ4v) is 2.00. The third-order valence-electron chi connectivity index (χ3n) is 3.50. The van der Waals surface area contributed by atoms with Gasteiger partial charge in [-0.05, 0) is 27.9 Å². The molecular weight excluding hydrogens is 178 g/mol. The molecule has 2 atom stereocenters. The van der Waals surface area contributed by atoms with Crippen LogP contribution < -0.4 is 11.2 Å². The van der Waals surface area contributed by atoms with Crippen molar-refractivity contribution in [2.24, 2.45) is 10.7 Å². The molecule has 5 nitrogen and oxygen atoms in total. The molecule has 0 radical (unpaired) electrons. The van der Waals surface area contributed by atoms with Gasteiger partial charge in [0.25, 0.3) is 0 Å². The molecule has 1 aliphatic heterocycles. The van der Waals surface area contributed by atoms with Gasteiger partial charge in [-0.2, -0.15) is 0 Å². The first-order valence-corrected chi connectivity index (χ1v) is 4.72. The third-order valence-corrected chi connectivity index (χ3v) is 3.50. The normalized spacial score (nSPS) is 42.1. The van der Waals surface area contributed by atoms with E-state index in [1.165, 1.54) is 0 Å². The maximum Gasteiger partial charge on any atom is 0.134 e. The molecule has 82 valence electrons. The van der Waals surface area contributed by atoms with E-state index in [1.807, 2.05) is 33.1 Å². The van der Waals surface area contributed by atoms with Crippen LogP contribution in [0.2, 0.25) is 0 Å². The van der Waals surface area contributed by atoms with Crippen molar-refractivity contribution in [1.29, 1.82) is 0 Å². The Kier molecular flexibility index (Phi) is 2.60. The summed E-state index contributed by atoms with van der Waals surface area (Å²) in [6, 6.07) is 0. The van der Waals surface area contributed by atoms with Gasteiger partial charge in [0, 0.05) is 14.1 Å². The minimum atomic E-state index is -0.500. The second-order valence-corrected chi connectivity index (χ2v) is 4.36. The number of rotatable bonds is 1. The Bertz CT molecular complexity index is 258. The number of hydrogen-bond acceptors (Lipinski definition) is 4. The average Bonchev–Trinajstić information content (AvgIpc) is 2.26. The fraction of sp³-hybridized carbons (Fsp3) is 0.889. The van der Waals surface area contributed by atoms with Crippen LogP contribution in [0.1, 0.15) is 13.8 Å². The molecule has 5 heteroatoms. The molecule has 14 heavy (non-hydrogen) atoms. The van der Waals surface area contributed by atoms with E-state index in [0.717, 1.165) is 5.84 Å². The Morgan fingerprint density at radius 1 is 1.43 bits per heavy atom. The predicted molar refractivity (Wildman–Crippen MR) is 58.9 cm³/mol. The van der Waals surface area contributed by atoms with Gasteiger partial charge in [0.1, 0.15) is 17.0 Å². The second-order valence-electron chi connectivity index (χ2n) is 4.36. The molecule has 0 bridgehead atoms. The lowest BCUT2D eigenvalue weighted by Crippen LogP contribution is -2.67. The highest BCUT2D eigenvalue weighted by atomic mass is 15.7. The van der Waals surface area contributed by atoms with Crippen molar-refractivity contribution in [1.82, 2.24) is 15.3 Å². The molecule has 1 saturated heterocycles. The number of hydrazine groups is 1. The van der Waals surface area contributed by atoms with E-state index >= 15 is 0 Å². The molecule has 0 aromatic heterocycles. The molecule has 1 aliphatic rings. The van der Waals surface area contributed by atoms with Gasteiger partial charge in [0.2, 0.25) is 0 Å². The molecule has 0 amide bonds. The lowest BCUT2D eigenvalue weighted by atomic mass is 9.87. The van der Waals surface area contributed by atoms with Crippen LogP contribution in [-0.2, 0) is 0 Å². The van der Waals surface area contributed by atoms with Crippen LogP contribution in [0, 0.1) is 0 Å². The van der Waals surface area contributed by atoms with Crippen molar-refractivity contribution in [2.75, 3.05) is 28.2 Å². The summed E-state index contributed by atoms with van der Waals surface area (Å²) in [6.45, 7) is 4.09. The van der Waals surface area contributed by atoms with E-state index in [1.54, 1.807) is 7.05 Å². The van der Waals surface area contributed by atoms with Crippen LogP contribution in [0.4, 0.5) is 0 Å². The van der Waals surface area contributed by atoms with Crippen molar-refractivity contribution in [2.45, 2.75) is 25.0 Å². The molecule has 0 spiro atoms. The number of nitrogens with zero attached hydrogens (tertiary/aromatic N) is 3. The van der Waals surface area contributed by atoms with Gasteiger partial charge < -0.3 is 11.2 Å². The molecular formula is C9H21N5. The third kappa shape index (κ3) is 1.16. The molecule has 1 fully saturated rings. The first-order chi connectivity index (χ1) is 6.28. The van der Waals surface area contributed by atoms with Crippen molar-refractivity contribution >= 4 is 5.84 Å². The highest BCUT2D eigenvalue weighted by Gasteiger charge is 2.56. The summed E-state index contributed by atoms with van der Waals surface area (Å²) in [5.74, 6) is 0.816. The summed E-state index contributed by atoms with van der Waals surface area (Å²) in [4.78, 5) is 6.28. The van der Waals surface area contributed by atoms with E-state index in [-0.39, 0.29) is 5.66 Å². The predicted octanol–water partition coefficient (Wildman–Crippen LogP) is -0.540. The van der Waals surface area contributed by atoms with Gasteiger partial charge in [0.05, 0.1) is 0 Å². The monoisotopic (exact) mass is 199 g/mol. The highest BCUT2D eigenvalue weighted by Crippen LogP contribution is 2.32. The molecule has 0 saturated carbocycles. The van der Waals surface area contributed by atoms with Crippen molar-refractivity contribution in [3.05, 3.63) is 0 Å². The largest absolute Gasteiger partial charge is 0.316 e. The van der Waals surface area contributed by atoms with Crippen LogP contribution in [0.25, 0.3) is 0 Å². The Balaban J connectivity index is 3.20. The number of aliphatic imine (C=N–C) groups is 1. The topological polar surface area (TPSA) is 56.9 Å². The quantitative estimate of drug-likeness (QED) is 0.595. The van der Waals surface area contributed by atoms with Gasteiger partial charge in [-0.25, -0.2) is 5.01 Å². The summed E-state index contributed by atoms with van der Waals surface area (Å²) in [7, 11) is 7.76. The van der Waals surface area contributed by atoms with E-state index in [2.05, 4.69) is 22.2 Å². The summed E-state index contributed by atoms with van der Waals surface area (Å²) < 4.78 is 0. The summed E-state index contributed by atoms with van der Waals surface area (Å²) in [6.07, 6.45) is 0. The number of nitrogens with one attached hydrogen (secondary N) is 1. The number of hydrogen-bond donors (Lipinski definition) is 2. The van der Waals surface area contributed by atoms with Crippen molar-refractivity contribution in [3.8, 4) is 0 Å². The second kappa shape index (κ2) is 3.18. The summed E-state index contributed by atoms with van der Waals surface area (Å²) in [5.41, 5.74) is 8.73. The van der Waals surface area contributed by atoms with Crippen LogP contribution in [-0.4, -0.2) is 55.1 Å². The average molecular weight is 199 g/mol. The van der Waals surface area contributed by atoms with Crippen molar-refractivity contribution in [3.63, 3.8) is 0 Å². The van der Waals surface area contributed by atoms with E-state index < -0.39 is 5.54 Å². The SMILES string of the molecule is CN=C1NN(C)C(C)(N(C)C)C1(C)N. The van der Waals surface area contributed by atoms with Gasteiger partial charge in [-0.1, -0.05) is 0 Å². The van der Waals surface area contributed by atoms with Gasteiger partial charge in [-0.15, -0.1) is 0 Å². The van der Waals surface area contributed by atoms with E-state index in [4.69, 9.17) is 5.73 Å².